The first kappa shape index (κ1) is 15.9. The lowest BCUT2D eigenvalue weighted by atomic mass is 10.1. The molecule has 0 bridgehead atoms. The number of esters is 2. The quantitative estimate of drug-likeness (QED) is 0.565. The molecule has 0 fully saturated rings. The normalized spacial score (nSPS) is 14.6. The first-order valence-corrected chi connectivity index (χ1v) is 5.87. The zero-order valence-corrected chi connectivity index (χ0v) is 11.4. The van der Waals surface area contributed by atoms with Crippen molar-refractivity contribution in [1.29, 1.82) is 0 Å². The van der Waals surface area contributed by atoms with Gasteiger partial charge < -0.3 is 14.8 Å². The van der Waals surface area contributed by atoms with Crippen LogP contribution in [-0.4, -0.2) is 31.3 Å². The molecule has 0 amide bonds. The van der Waals surface area contributed by atoms with E-state index in [4.69, 9.17) is 9.47 Å². The second-order valence-corrected chi connectivity index (χ2v) is 4.61. The topological polar surface area (TPSA) is 64.6 Å². The summed E-state index contributed by atoms with van der Waals surface area (Å²) in [5, 5.41) is 2.87. The second kappa shape index (κ2) is 7.27. The predicted octanol–water partition coefficient (Wildman–Crippen LogP) is 1.32. The van der Waals surface area contributed by atoms with Crippen LogP contribution >= 0.6 is 0 Å². The lowest BCUT2D eigenvalue weighted by Gasteiger charge is -2.21. The van der Waals surface area contributed by atoms with Crippen LogP contribution in [0.25, 0.3) is 0 Å². The maximum atomic E-state index is 11.7. The zero-order valence-electron chi connectivity index (χ0n) is 11.4. The largest absolute Gasteiger partial charge is 0.425 e. The van der Waals surface area contributed by atoms with Crippen LogP contribution in [0.5, 0.6) is 0 Å². The van der Waals surface area contributed by atoms with E-state index in [9.17, 15) is 9.59 Å². The highest BCUT2D eigenvalue weighted by molar-refractivity contribution is 5.76. The molecular formula is C12H23NO4. The van der Waals surface area contributed by atoms with Crippen molar-refractivity contribution < 1.29 is 19.1 Å². The molecule has 0 aliphatic rings. The number of hydrogen-bond donors (Lipinski definition) is 1. The second-order valence-electron chi connectivity index (χ2n) is 4.61. The van der Waals surface area contributed by atoms with Gasteiger partial charge in [0.2, 0.25) is 6.29 Å². The fourth-order valence-corrected chi connectivity index (χ4v) is 1.28. The minimum absolute atomic E-state index is 0.112. The summed E-state index contributed by atoms with van der Waals surface area (Å²) in [6.07, 6.45) is -0.855. The average Bonchev–Trinajstić information content (AvgIpc) is 2.16. The van der Waals surface area contributed by atoms with Gasteiger partial charge in [-0.3, -0.25) is 9.59 Å². The van der Waals surface area contributed by atoms with Gasteiger partial charge in [-0.25, -0.2) is 0 Å². The molecule has 5 heteroatoms. The number of hydrogen-bond acceptors (Lipinski definition) is 5. The summed E-state index contributed by atoms with van der Waals surface area (Å²) < 4.78 is 9.99. The summed E-state index contributed by atoms with van der Waals surface area (Å²) in [6.45, 7) is 8.80. The van der Waals surface area contributed by atoms with E-state index in [1.54, 1.807) is 20.9 Å². The molecule has 0 radical (unpaired) electrons. The maximum Gasteiger partial charge on any atom is 0.326 e. The standard InChI is InChI=1S/C12H23NO4/c1-7(2)10(13-6)12(15)17-9(5)16-11(14)8(3)4/h7-10,13H,1-6H3/t9?,10-/m1/s1. The van der Waals surface area contributed by atoms with Crippen LogP contribution < -0.4 is 5.32 Å². The number of ether oxygens (including phenoxy) is 2. The molecule has 0 aliphatic heterocycles. The van der Waals surface area contributed by atoms with Crippen molar-refractivity contribution in [2.45, 2.75) is 47.0 Å². The molecular weight excluding hydrogens is 222 g/mol. The zero-order chi connectivity index (χ0) is 13.6. The molecule has 5 nitrogen and oxygen atoms in total. The summed E-state index contributed by atoms with van der Waals surface area (Å²) in [4.78, 5) is 23.0. The molecule has 17 heavy (non-hydrogen) atoms. The van der Waals surface area contributed by atoms with Crippen LogP contribution in [0.1, 0.15) is 34.6 Å². The van der Waals surface area contributed by atoms with Gasteiger partial charge >= 0.3 is 11.9 Å². The summed E-state index contributed by atoms with van der Waals surface area (Å²) in [5.41, 5.74) is 0. The lowest BCUT2D eigenvalue weighted by Crippen LogP contribution is -2.41. The van der Waals surface area contributed by atoms with E-state index in [1.165, 1.54) is 6.92 Å². The van der Waals surface area contributed by atoms with Gasteiger partial charge in [-0.2, -0.15) is 0 Å². The SMILES string of the molecule is CN[C@@H](C(=O)OC(C)OC(=O)C(C)C)C(C)C. The van der Waals surface area contributed by atoms with Crippen molar-refractivity contribution in [2.75, 3.05) is 7.05 Å². The van der Waals surface area contributed by atoms with Crippen LogP contribution in [0.15, 0.2) is 0 Å². The van der Waals surface area contributed by atoms with Gasteiger partial charge in [-0.1, -0.05) is 27.7 Å². The Balaban J connectivity index is 4.24. The van der Waals surface area contributed by atoms with Crippen molar-refractivity contribution in [3.63, 3.8) is 0 Å². The van der Waals surface area contributed by atoms with Gasteiger partial charge in [-0.05, 0) is 13.0 Å². The van der Waals surface area contributed by atoms with Crippen LogP contribution in [-0.2, 0) is 19.1 Å². The Hall–Kier alpha value is -1.10. The molecule has 2 atom stereocenters. The molecule has 0 aromatic carbocycles. The Kier molecular flexibility index (Phi) is 6.80. The van der Waals surface area contributed by atoms with Gasteiger partial charge in [0.05, 0.1) is 5.92 Å². The molecule has 0 spiro atoms. The number of rotatable bonds is 6. The maximum absolute atomic E-state index is 11.7. The predicted molar refractivity (Wildman–Crippen MR) is 64.2 cm³/mol. The van der Waals surface area contributed by atoms with Crippen molar-refractivity contribution in [3.8, 4) is 0 Å². The molecule has 0 aromatic heterocycles. The fraction of sp³-hybridized carbons (Fsp3) is 0.833. The van der Waals surface area contributed by atoms with Crippen molar-refractivity contribution in [3.05, 3.63) is 0 Å². The molecule has 0 saturated carbocycles. The smallest absolute Gasteiger partial charge is 0.326 e. The Labute approximate surface area is 103 Å². The average molecular weight is 245 g/mol. The third-order valence-corrected chi connectivity index (χ3v) is 2.27. The Morgan fingerprint density at radius 3 is 1.76 bits per heavy atom. The summed E-state index contributed by atoms with van der Waals surface area (Å²) in [6, 6.07) is -0.393. The van der Waals surface area contributed by atoms with Crippen molar-refractivity contribution in [1.82, 2.24) is 5.32 Å². The summed E-state index contributed by atoms with van der Waals surface area (Å²) >= 11 is 0. The van der Waals surface area contributed by atoms with Crippen molar-refractivity contribution in [2.24, 2.45) is 11.8 Å². The summed E-state index contributed by atoms with van der Waals surface area (Å²) in [7, 11) is 1.69. The molecule has 100 valence electrons. The van der Waals surface area contributed by atoms with E-state index in [-0.39, 0.29) is 17.8 Å². The third kappa shape index (κ3) is 5.68. The number of likely N-dealkylation sites (N-methyl/N-ethyl adjacent to an activating group) is 1. The molecule has 1 unspecified atom stereocenters. The summed E-state index contributed by atoms with van der Waals surface area (Å²) in [5.74, 6) is -0.913. The highest BCUT2D eigenvalue weighted by atomic mass is 16.7. The van der Waals surface area contributed by atoms with E-state index in [0.29, 0.717) is 0 Å². The number of carbonyl (C=O) groups is 2. The van der Waals surface area contributed by atoms with Gasteiger partial charge in [0.15, 0.2) is 0 Å². The molecule has 0 heterocycles. The van der Waals surface area contributed by atoms with E-state index in [2.05, 4.69) is 5.32 Å². The third-order valence-electron chi connectivity index (χ3n) is 2.27. The van der Waals surface area contributed by atoms with Crippen LogP contribution in [0.3, 0.4) is 0 Å². The van der Waals surface area contributed by atoms with E-state index < -0.39 is 18.3 Å². The number of nitrogens with one attached hydrogen (secondary N) is 1. The lowest BCUT2D eigenvalue weighted by molar-refractivity contribution is -0.188. The number of carbonyl (C=O) groups excluding carboxylic acids is 2. The van der Waals surface area contributed by atoms with Crippen LogP contribution in [0.4, 0.5) is 0 Å². The first-order chi connectivity index (χ1) is 7.79. The van der Waals surface area contributed by atoms with Gasteiger partial charge in [-0.15, -0.1) is 0 Å². The first-order valence-electron chi connectivity index (χ1n) is 5.87. The van der Waals surface area contributed by atoms with Gasteiger partial charge in [0, 0.05) is 6.92 Å². The van der Waals surface area contributed by atoms with Gasteiger partial charge in [0.25, 0.3) is 0 Å². The molecule has 0 aromatic rings. The van der Waals surface area contributed by atoms with Gasteiger partial charge in [0.1, 0.15) is 6.04 Å². The monoisotopic (exact) mass is 245 g/mol. The van der Waals surface area contributed by atoms with Crippen LogP contribution in [0.2, 0.25) is 0 Å². The fourth-order valence-electron chi connectivity index (χ4n) is 1.28. The Morgan fingerprint density at radius 1 is 0.941 bits per heavy atom. The van der Waals surface area contributed by atoms with Crippen LogP contribution in [0, 0.1) is 11.8 Å². The van der Waals surface area contributed by atoms with E-state index in [0.717, 1.165) is 0 Å². The molecule has 0 rings (SSSR count). The molecule has 1 N–H and O–H groups in total. The van der Waals surface area contributed by atoms with E-state index in [1.807, 2.05) is 13.8 Å². The highest BCUT2D eigenvalue weighted by Crippen LogP contribution is 2.07. The van der Waals surface area contributed by atoms with Crippen molar-refractivity contribution >= 4 is 11.9 Å². The highest BCUT2D eigenvalue weighted by Gasteiger charge is 2.25. The van der Waals surface area contributed by atoms with E-state index >= 15 is 0 Å². The minimum atomic E-state index is -0.855. The molecule has 0 aliphatic carbocycles. The minimum Gasteiger partial charge on any atom is -0.425 e. The molecule has 0 saturated heterocycles. The Bertz CT molecular complexity index is 263. The Morgan fingerprint density at radius 2 is 1.41 bits per heavy atom.